The number of aromatic carboxylic acids is 1. The summed E-state index contributed by atoms with van der Waals surface area (Å²) in [5, 5.41) is 19.6. The third-order valence-electron chi connectivity index (χ3n) is 4.47. The van der Waals surface area contributed by atoms with Crippen LogP contribution in [-0.4, -0.2) is 38.7 Å². The van der Waals surface area contributed by atoms with Crippen molar-refractivity contribution in [3.05, 3.63) is 11.9 Å². The molecule has 18 heavy (non-hydrogen) atoms. The van der Waals surface area contributed by atoms with E-state index in [1.54, 1.807) is 4.68 Å². The Labute approximate surface area is 106 Å². The monoisotopic (exact) mass is 252 g/mol. The van der Waals surface area contributed by atoms with Crippen molar-refractivity contribution in [3.8, 4) is 0 Å². The van der Waals surface area contributed by atoms with Crippen molar-refractivity contribution in [1.82, 2.24) is 20.3 Å². The van der Waals surface area contributed by atoms with Gasteiger partial charge >= 0.3 is 5.97 Å². The van der Waals surface area contributed by atoms with Gasteiger partial charge in [-0.25, -0.2) is 4.79 Å². The molecular formula is C12H20N4O2. The summed E-state index contributed by atoms with van der Waals surface area (Å²) in [5.41, 5.74) is 0.602. The van der Waals surface area contributed by atoms with Crippen molar-refractivity contribution in [3.63, 3.8) is 0 Å². The molecule has 1 fully saturated rings. The van der Waals surface area contributed by atoms with Gasteiger partial charge < -0.3 is 10.4 Å². The number of nitrogens with one attached hydrogen (secondary N) is 1. The maximum atomic E-state index is 10.6. The van der Waals surface area contributed by atoms with Crippen LogP contribution in [0.4, 0.5) is 0 Å². The summed E-state index contributed by atoms with van der Waals surface area (Å²) in [6.45, 7) is 10.4. The van der Waals surface area contributed by atoms with Crippen LogP contribution < -0.4 is 5.32 Å². The maximum Gasteiger partial charge on any atom is 0.358 e. The SMILES string of the molecule is CC1(C)C(NCCn2cc(C(=O)O)nn2)C1(C)C. The second-order valence-electron chi connectivity index (χ2n) is 6.00. The highest BCUT2D eigenvalue weighted by atomic mass is 16.4. The third kappa shape index (κ3) is 2.01. The second kappa shape index (κ2) is 4.05. The first-order valence-electron chi connectivity index (χ1n) is 6.13. The molecule has 0 aromatic carbocycles. The van der Waals surface area contributed by atoms with E-state index in [-0.39, 0.29) is 5.69 Å². The molecule has 1 aliphatic carbocycles. The van der Waals surface area contributed by atoms with Gasteiger partial charge in [0.25, 0.3) is 0 Å². The van der Waals surface area contributed by atoms with Gasteiger partial charge in [0, 0.05) is 12.6 Å². The topological polar surface area (TPSA) is 80.0 Å². The van der Waals surface area contributed by atoms with E-state index in [0.29, 0.717) is 23.4 Å². The average molecular weight is 252 g/mol. The lowest BCUT2D eigenvalue weighted by molar-refractivity contribution is 0.0690. The molecule has 1 aliphatic rings. The Balaban J connectivity index is 1.81. The molecule has 1 saturated carbocycles. The number of aromatic nitrogens is 3. The van der Waals surface area contributed by atoms with Crippen molar-refractivity contribution >= 4 is 5.97 Å². The molecule has 1 aromatic heterocycles. The molecule has 1 heterocycles. The van der Waals surface area contributed by atoms with E-state index in [1.807, 2.05) is 0 Å². The first kappa shape index (κ1) is 13.0. The highest BCUT2D eigenvalue weighted by Gasteiger charge is 2.64. The van der Waals surface area contributed by atoms with Gasteiger partial charge in [-0.1, -0.05) is 32.9 Å². The molecule has 0 aliphatic heterocycles. The molecule has 0 unspecified atom stereocenters. The number of carboxylic acids is 1. The van der Waals surface area contributed by atoms with Crippen molar-refractivity contribution in [2.75, 3.05) is 6.54 Å². The van der Waals surface area contributed by atoms with Crippen LogP contribution in [0.2, 0.25) is 0 Å². The highest BCUT2D eigenvalue weighted by molar-refractivity contribution is 5.84. The smallest absolute Gasteiger partial charge is 0.358 e. The molecule has 0 bridgehead atoms. The summed E-state index contributed by atoms with van der Waals surface area (Å²) in [7, 11) is 0. The zero-order chi connectivity index (χ0) is 13.6. The van der Waals surface area contributed by atoms with Crippen LogP contribution in [-0.2, 0) is 6.54 Å². The molecule has 0 atom stereocenters. The summed E-state index contributed by atoms with van der Waals surface area (Å²) in [4.78, 5) is 10.6. The van der Waals surface area contributed by atoms with E-state index in [0.717, 1.165) is 6.54 Å². The van der Waals surface area contributed by atoms with E-state index < -0.39 is 5.97 Å². The molecular weight excluding hydrogens is 232 g/mol. The van der Waals surface area contributed by atoms with Crippen LogP contribution in [0.5, 0.6) is 0 Å². The van der Waals surface area contributed by atoms with Crippen molar-refractivity contribution in [2.45, 2.75) is 40.3 Å². The minimum Gasteiger partial charge on any atom is -0.476 e. The Morgan fingerprint density at radius 1 is 1.44 bits per heavy atom. The zero-order valence-corrected chi connectivity index (χ0v) is 11.3. The summed E-state index contributed by atoms with van der Waals surface area (Å²) in [6, 6.07) is 0.493. The number of hydrogen-bond donors (Lipinski definition) is 2. The van der Waals surface area contributed by atoms with Gasteiger partial charge in [0.05, 0.1) is 12.7 Å². The Kier molecular flexibility index (Phi) is 2.93. The summed E-state index contributed by atoms with van der Waals surface area (Å²) < 4.78 is 1.55. The van der Waals surface area contributed by atoms with E-state index >= 15 is 0 Å². The van der Waals surface area contributed by atoms with Crippen molar-refractivity contribution in [1.29, 1.82) is 0 Å². The number of carbonyl (C=O) groups is 1. The molecule has 100 valence electrons. The van der Waals surface area contributed by atoms with E-state index in [1.165, 1.54) is 6.20 Å². The highest BCUT2D eigenvalue weighted by Crippen LogP contribution is 2.62. The molecule has 0 amide bonds. The predicted molar refractivity (Wildman–Crippen MR) is 66.3 cm³/mol. The van der Waals surface area contributed by atoms with Gasteiger partial charge in [0.15, 0.2) is 5.69 Å². The third-order valence-corrected chi connectivity index (χ3v) is 4.47. The van der Waals surface area contributed by atoms with Crippen LogP contribution in [0.15, 0.2) is 6.20 Å². The average Bonchev–Trinajstić information content (AvgIpc) is 2.67. The number of rotatable bonds is 5. The number of nitrogens with zero attached hydrogens (tertiary/aromatic N) is 3. The van der Waals surface area contributed by atoms with Crippen LogP contribution in [0.3, 0.4) is 0 Å². The van der Waals surface area contributed by atoms with E-state index in [9.17, 15) is 4.79 Å². The van der Waals surface area contributed by atoms with Gasteiger partial charge in [-0.05, 0) is 10.8 Å². The van der Waals surface area contributed by atoms with Gasteiger partial charge in [-0.15, -0.1) is 5.10 Å². The summed E-state index contributed by atoms with van der Waals surface area (Å²) in [5.74, 6) is -1.04. The lowest BCUT2D eigenvalue weighted by atomic mass is 10.0. The largest absolute Gasteiger partial charge is 0.476 e. The van der Waals surface area contributed by atoms with Crippen molar-refractivity contribution in [2.24, 2.45) is 10.8 Å². The minimum absolute atomic E-state index is 0.0120. The molecule has 0 spiro atoms. The lowest BCUT2D eigenvalue weighted by Crippen LogP contribution is -2.26. The minimum atomic E-state index is -1.04. The fraction of sp³-hybridized carbons (Fsp3) is 0.750. The standard InChI is InChI=1S/C12H20N4O2/c1-11(2)10(12(11,3)4)13-5-6-16-7-8(9(17)18)14-15-16/h7,10,13H,5-6H2,1-4H3,(H,17,18). The molecule has 2 rings (SSSR count). The Hall–Kier alpha value is -1.43. The Morgan fingerprint density at radius 3 is 2.50 bits per heavy atom. The fourth-order valence-corrected chi connectivity index (χ4v) is 2.54. The number of hydrogen-bond acceptors (Lipinski definition) is 4. The molecule has 1 aromatic rings. The maximum absolute atomic E-state index is 10.6. The lowest BCUT2D eigenvalue weighted by Gasteiger charge is -2.05. The second-order valence-corrected chi connectivity index (χ2v) is 6.00. The molecule has 0 radical (unpaired) electrons. The summed E-state index contributed by atoms with van der Waals surface area (Å²) >= 11 is 0. The predicted octanol–water partition coefficient (Wildman–Crippen LogP) is 1.00. The summed E-state index contributed by atoms with van der Waals surface area (Å²) in [6.07, 6.45) is 1.45. The van der Waals surface area contributed by atoms with E-state index in [4.69, 9.17) is 5.11 Å². The molecule has 6 heteroatoms. The fourth-order valence-electron chi connectivity index (χ4n) is 2.54. The van der Waals surface area contributed by atoms with Crippen LogP contribution in [0, 0.1) is 10.8 Å². The van der Waals surface area contributed by atoms with Crippen LogP contribution in [0.25, 0.3) is 0 Å². The molecule has 0 saturated heterocycles. The van der Waals surface area contributed by atoms with Crippen LogP contribution >= 0.6 is 0 Å². The zero-order valence-electron chi connectivity index (χ0n) is 11.3. The quantitative estimate of drug-likeness (QED) is 0.817. The van der Waals surface area contributed by atoms with E-state index in [2.05, 4.69) is 43.3 Å². The number of carboxylic acid groups (broad SMARTS) is 1. The first-order chi connectivity index (χ1) is 8.26. The van der Waals surface area contributed by atoms with Gasteiger partial charge in [-0.2, -0.15) is 0 Å². The Bertz CT molecular complexity index is 450. The first-order valence-corrected chi connectivity index (χ1v) is 6.13. The van der Waals surface area contributed by atoms with Crippen LogP contribution in [0.1, 0.15) is 38.2 Å². The van der Waals surface area contributed by atoms with Gasteiger partial charge in [0.2, 0.25) is 0 Å². The normalized spacial score (nSPS) is 20.9. The molecule has 2 N–H and O–H groups in total. The van der Waals surface area contributed by atoms with Crippen molar-refractivity contribution < 1.29 is 9.90 Å². The van der Waals surface area contributed by atoms with Gasteiger partial charge in [-0.3, -0.25) is 4.68 Å². The molecule has 6 nitrogen and oxygen atoms in total. The Morgan fingerprint density at radius 2 is 2.06 bits per heavy atom. The van der Waals surface area contributed by atoms with Gasteiger partial charge in [0.1, 0.15) is 0 Å².